The van der Waals surface area contributed by atoms with Gasteiger partial charge in [-0.2, -0.15) is 0 Å². The van der Waals surface area contributed by atoms with Crippen molar-refractivity contribution >= 4 is 15.7 Å². The Morgan fingerprint density at radius 3 is 2.87 bits per heavy atom. The predicted molar refractivity (Wildman–Crippen MR) is 57.7 cm³/mol. The van der Waals surface area contributed by atoms with Gasteiger partial charge in [0.1, 0.15) is 5.84 Å². The fourth-order valence-electron chi connectivity index (χ4n) is 1.62. The van der Waals surface area contributed by atoms with Crippen molar-refractivity contribution < 1.29 is 13.6 Å². The van der Waals surface area contributed by atoms with E-state index in [2.05, 4.69) is 10.5 Å². The molecular formula is C8H17N3O3S. The second-order valence-electron chi connectivity index (χ2n) is 3.68. The molecule has 1 heterocycles. The molecule has 1 saturated heterocycles. The molecular weight excluding hydrogens is 218 g/mol. The molecule has 15 heavy (non-hydrogen) atoms. The van der Waals surface area contributed by atoms with Gasteiger partial charge in [0.15, 0.2) is 9.84 Å². The van der Waals surface area contributed by atoms with E-state index in [1.807, 2.05) is 0 Å². The molecule has 0 radical (unpaired) electrons. The van der Waals surface area contributed by atoms with Gasteiger partial charge in [0.25, 0.3) is 0 Å². The van der Waals surface area contributed by atoms with Crippen LogP contribution in [0.2, 0.25) is 0 Å². The van der Waals surface area contributed by atoms with Gasteiger partial charge >= 0.3 is 0 Å². The van der Waals surface area contributed by atoms with Gasteiger partial charge in [-0.25, -0.2) is 8.42 Å². The zero-order valence-corrected chi connectivity index (χ0v) is 9.33. The Bertz CT molecular complexity index is 326. The van der Waals surface area contributed by atoms with Crippen LogP contribution >= 0.6 is 0 Å². The van der Waals surface area contributed by atoms with Crippen LogP contribution in [0.1, 0.15) is 19.3 Å². The lowest BCUT2D eigenvalue weighted by atomic mass is 10.2. The normalized spacial score (nSPS) is 25.6. The Balaban J connectivity index is 2.21. The Morgan fingerprint density at radius 1 is 1.60 bits per heavy atom. The van der Waals surface area contributed by atoms with Crippen LogP contribution in [0, 0.1) is 0 Å². The summed E-state index contributed by atoms with van der Waals surface area (Å²) < 4.78 is 22.8. The number of amidine groups is 1. The third-order valence-corrected chi connectivity index (χ3v) is 4.80. The van der Waals surface area contributed by atoms with Gasteiger partial charge in [-0.05, 0) is 12.8 Å². The summed E-state index contributed by atoms with van der Waals surface area (Å²) in [6.07, 6.45) is 1.91. The fourth-order valence-corrected chi connectivity index (χ4v) is 3.42. The highest BCUT2D eigenvalue weighted by Crippen LogP contribution is 2.18. The fraction of sp³-hybridized carbons (Fsp3) is 0.875. The monoisotopic (exact) mass is 235 g/mol. The van der Waals surface area contributed by atoms with Crippen molar-refractivity contribution in [1.82, 2.24) is 5.32 Å². The Labute approximate surface area is 89.4 Å². The molecule has 0 amide bonds. The molecule has 1 rings (SSSR count). The topological polar surface area (TPSA) is 105 Å². The molecule has 0 aromatic heterocycles. The van der Waals surface area contributed by atoms with Crippen LogP contribution in [-0.4, -0.2) is 43.6 Å². The third kappa shape index (κ3) is 3.67. The van der Waals surface area contributed by atoms with Gasteiger partial charge in [0.05, 0.1) is 11.0 Å². The van der Waals surface area contributed by atoms with Crippen LogP contribution in [0.5, 0.6) is 0 Å². The molecule has 0 bridgehead atoms. The summed E-state index contributed by atoms with van der Waals surface area (Å²) in [4.78, 5) is 0. The van der Waals surface area contributed by atoms with Gasteiger partial charge in [-0.1, -0.05) is 5.16 Å². The van der Waals surface area contributed by atoms with Crippen LogP contribution in [-0.2, 0) is 9.84 Å². The Morgan fingerprint density at radius 2 is 2.33 bits per heavy atom. The highest BCUT2D eigenvalue weighted by Gasteiger charge is 2.30. The summed E-state index contributed by atoms with van der Waals surface area (Å²) in [6, 6.07) is 0. The van der Waals surface area contributed by atoms with Crippen molar-refractivity contribution in [3.63, 3.8) is 0 Å². The third-order valence-electron chi connectivity index (χ3n) is 2.52. The van der Waals surface area contributed by atoms with Gasteiger partial charge in [0, 0.05) is 19.5 Å². The summed E-state index contributed by atoms with van der Waals surface area (Å²) in [5.41, 5.74) is 5.26. The summed E-state index contributed by atoms with van der Waals surface area (Å²) in [5, 5.41) is 13.8. The number of sulfone groups is 1. The van der Waals surface area contributed by atoms with Gasteiger partial charge in [0.2, 0.25) is 0 Å². The number of oxime groups is 1. The van der Waals surface area contributed by atoms with E-state index in [1.165, 1.54) is 0 Å². The molecule has 0 aromatic rings. The number of nitrogens with two attached hydrogens (primary N) is 1. The van der Waals surface area contributed by atoms with Crippen molar-refractivity contribution in [1.29, 1.82) is 0 Å². The first-order valence-electron chi connectivity index (χ1n) is 4.95. The van der Waals surface area contributed by atoms with E-state index in [0.29, 0.717) is 25.3 Å². The van der Waals surface area contributed by atoms with E-state index < -0.39 is 9.84 Å². The van der Waals surface area contributed by atoms with Crippen molar-refractivity contribution in [3.8, 4) is 0 Å². The minimum atomic E-state index is -2.87. The lowest BCUT2D eigenvalue weighted by Crippen LogP contribution is -2.32. The van der Waals surface area contributed by atoms with Gasteiger partial charge in [-0.3, -0.25) is 0 Å². The molecule has 0 aliphatic carbocycles. The Kier molecular flexibility index (Phi) is 4.34. The molecule has 88 valence electrons. The summed E-state index contributed by atoms with van der Waals surface area (Å²) in [7, 11) is -2.87. The average Bonchev–Trinajstić information content (AvgIpc) is 2.52. The molecule has 0 saturated carbocycles. The highest BCUT2D eigenvalue weighted by molar-refractivity contribution is 7.92. The zero-order chi connectivity index (χ0) is 11.3. The van der Waals surface area contributed by atoms with Crippen LogP contribution in [0.15, 0.2) is 5.16 Å². The number of hydrogen-bond donors (Lipinski definition) is 3. The van der Waals surface area contributed by atoms with E-state index in [4.69, 9.17) is 10.9 Å². The number of nitrogens with zero attached hydrogens (tertiary/aromatic N) is 1. The lowest BCUT2D eigenvalue weighted by Gasteiger charge is -2.09. The van der Waals surface area contributed by atoms with E-state index in [1.54, 1.807) is 0 Å². The largest absolute Gasteiger partial charge is 0.409 e. The van der Waals surface area contributed by atoms with Crippen molar-refractivity contribution in [2.24, 2.45) is 10.9 Å². The van der Waals surface area contributed by atoms with Crippen molar-refractivity contribution in [2.45, 2.75) is 24.5 Å². The molecule has 0 aromatic carbocycles. The highest BCUT2D eigenvalue weighted by atomic mass is 32.2. The van der Waals surface area contributed by atoms with Crippen LogP contribution in [0.3, 0.4) is 0 Å². The van der Waals surface area contributed by atoms with E-state index in [9.17, 15) is 8.42 Å². The Hall–Kier alpha value is -0.820. The van der Waals surface area contributed by atoms with Crippen LogP contribution < -0.4 is 11.1 Å². The zero-order valence-electron chi connectivity index (χ0n) is 8.52. The minimum absolute atomic E-state index is 0.150. The smallest absolute Gasteiger partial charge is 0.154 e. The lowest BCUT2D eigenvalue weighted by molar-refractivity contribution is 0.316. The SMILES string of the molecule is NC(CCNCC1CCCS1(=O)=O)=NO. The first-order valence-corrected chi connectivity index (χ1v) is 6.66. The molecule has 4 N–H and O–H groups in total. The average molecular weight is 235 g/mol. The predicted octanol–water partition coefficient (Wildman–Crippen LogP) is -0.710. The van der Waals surface area contributed by atoms with Crippen molar-refractivity contribution in [2.75, 3.05) is 18.8 Å². The maximum Gasteiger partial charge on any atom is 0.154 e. The van der Waals surface area contributed by atoms with Crippen LogP contribution in [0.25, 0.3) is 0 Å². The standard InChI is InChI=1S/C8H17N3O3S/c9-8(11-12)3-4-10-6-7-2-1-5-15(7,13)14/h7,10,12H,1-6H2,(H2,9,11). The molecule has 1 aliphatic rings. The summed E-state index contributed by atoms with van der Waals surface area (Å²) >= 11 is 0. The number of hydrogen-bond acceptors (Lipinski definition) is 5. The first-order chi connectivity index (χ1) is 7.06. The number of nitrogens with one attached hydrogen (secondary N) is 1. The maximum absolute atomic E-state index is 11.4. The molecule has 1 unspecified atom stereocenters. The quantitative estimate of drug-likeness (QED) is 0.192. The van der Waals surface area contributed by atoms with E-state index in [-0.39, 0.29) is 11.1 Å². The summed E-state index contributed by atoms with van der Waals surface area (Å²) in [6.45, 7) is 0.989. The summed E-state index contributed by atoms with van der Waals surface area (Å²) in [5.74, 6) is 0.455. The van der Waals surface area contributed by atoms with Crippen molar-refractivity contribution in [3.05, 3.63) is 0 Å². The van der Waals surface area contributed by atoms with E-state index >= 15 is 0 Å². The molecule has 1 atom stereocenters. The molecule has 1 fully saturated rings. The van der Waals surface area contributed by atoms with Gasteiger partial charge in [-0.15, -0.1) is 0 Å². The molecule has 6 nitrogen and oxygen atoms in total. The first kappa shape index (κ1) is 12.3. The molecule has 7 heteroatoms. The number of rotatable bonds is 5. The van der Waals surface area contributed by atoms with E-state index in [0.717, 1.165) is 12.8 Å². The maximum atomic E-state index is 11.4. The minimum Gasteiger partial charge on any atom is -0.409 e. The molecule has 1 aliphatic heterocycles. The van der Waals surface area contributed by atoms with Crippen LogP contribution in [0.4, 0.5) is 0 Å². The second-order valence-corrected chi connectivity index (χ2v) is 6.08. The second kappa shape index (κ2) is 5.32. The van der Waals surface area contributed by atoms with Gasteiger partial charge < -0.3 is 16.3 Å². The molecule has 0 spiro atoms.